The zero-order valence-corrected chi connectivity index (χ0v) is 12.6. The minimum Gasteiger partial charge on any atom is -0.331 e. The number of amides is 1. The van der Waals surface area contributed by atoms with Crippen LogP contribution < -0.4 is 0 Å². The van der Waals surface area contributed by atoms with Gasteiger partial charge in [-0.05, 0) is 36.6 Å². The molecule has 1 aromatic heterocycles. The largest absolute Gasteiger partial charge is 0.331 e. The van der Waals surface area contributed by atoms with Crippen LogP contribution in [-0.2, 0) is 6.54 Å². The third-order valence-electron chi connectivity index (χ3n) is 3.46. The molecule has 0 radical (unpaired) electrons. The highest BCUT2D eigenvalue weighted by atomic mass is 79.9. The predicted molar refractivity (Wildman–Crippen MR) is 81.3 cm³/mol. The van der Waals surface area contributed by atoms with Crippen molar-refractivity contribution in [3.05, 3.63) is 64.4 Å². The lowest BCUT2D eigenvalue weighted by Gasteiger charge is -2.23. The van der Waals surface area contributed by atoms with Gasteiger partial charge in [0, 0.05) is 29.5 Å². The van der Waals surface area contributed by atoms with Crippen LogP contribution in [0.5, 0.6) is 0 Å². The molecule has 0 saturated heterocycles. The summed E-state index contributed by atoms with van der Waals surface area (Å²) >= 11 is 3.55. The first-order valence-electron chi connectivity index (χ1n) is 6.70. The lowest BCUT2D eigenvalue weighted by atomic mass is 10.2. The lowest BCUT2D eigenvalue weighted by Crippen LogP contribution is -2.32. The van der Waals surface area contributed by atoms with Gasteiger partial charge in [0.2, 0.25) is 0 Å². The molecule has 1 aliphatic carbocycles. The third-order valence-corrected chi connectivity index (χ3v) is 4.23. The van der Waals surface area contributed by atoms with Crippen molar-refractivity contribution in [2.24, 2.45) is 0 Å². The predicted octanol–water partition coefficient (Wildman–Crippen LogP) is 3.65. The van der Waals surface area contributed by atoms with Crippen LogP contribution in [0.1, 0.15) is 28.8 Å². The van der Waals surface area contributed by atoms with Crippen LogP contribution in [0.15, 0.2) is 53.3 Å². The van der Waals surface area contributed by atoms with Gasteiger partial charge in [-0.25, -0.2) is 0 Å². The van der Waals surface area contributed by atoms with Crippen LogP contribution >= 0.6 is 15.9 Å². The summed E-state index contributed by atoms with van der Waals surface area (Å²) in [4.78, 5) is 18.6. The first-order valence-corrected chi connectivity index (χ1v) is 7.49. The zero-order valence-electron chi connectivity index (χ0n) is 11.0. The van der Waals surface area contributed by atoms with E-state index >= 15 is 0 Å². The maximum Gasteiger partial charge on any atom is 0.255 e. The van der Waals surface area contributed by atoms with E-state index in [9.17, 15) is 4.79 Å². The average molecular weight is 331 g/mol. The molecule has 1 heterocycles. The molecular formula is C16H15BrN2O. The average Bonchev–Trinajstić information content (AvgIpc) is 3.31. The molecule has 3 rings (SSSR count). The van der Waals surface area contributed by atoms with Gasteiger partial charge < -0.3 is 4.90 Å². The molecule has 1 amide bonds. The van der Waals surface area contributed by atoms with Crippen LogP contribution in [0.25, 0.3) is 0 Å². The summed E-state index contributed by atoms with van der Waals surface area (Å²) in [5.74, 6) is 0.0661. The summed E-state index contributed by atoms with van der Waals surface area (Å²) in [7, 11) is 0. The van der Waals surface area contributed by atoms with E-state index in [1.54, 1.807) is 18.5 Å². The van der Waals surface area contributed by atoms with Gasteiger partial charge in [0.1, 0.15) is 0 Å². The van der Waals surface area contributed by atoms with E-state index in [-0.39, 0.29) is 5.91 Å². The van der Waals surface area contributed by atoms with Gasteiger partial charge in [-0.3, -0.25) is 9.78 Å². The Kier molecular flexibility index (Phi) is 3.83. The van der Waals surface area contributed by atoms with Crippen LogP contribution in [0, 0.1) is 0 Å². The molecule has 1 aliphatic rings. The smallest absolute Gasteiger partial charge is 0.255 e. The second-order valence-electron chi connectivity index (χ2n) is 5.00. The van der Waals surface area contributed by atoms with E-state index in [1.165, 1.54) is 0 Å². The summed E-state index contributed by atoms with van der Waals surface area (Å²) in [5, 5.41) is 0. The molecule has 1 saturated carbocycles. The summed E-state index contributed by atoms with van der Waals surface area (Å²) < 4.78 is 1.05. The topological polar surface area (TPSA) is 33.2 Å². The van der Waals surface area contributed by atoms with Crippen molar-refractivity contribution in [2.45, 2.75) is 25.4 Å². The minimum absolute atomic E-state index is 0.0661. The van der Waals surface area contributed by atoms with Crippen molar-refractivity contribution in [3.63, 3.8) is 0 Å². The molecular weight excluding hydrogens is 316 g/mol. The van der Waals surface area contributed by atoms with Gasteiger partial charge in [-0.15, -0.1) is 0 Å². The second kappa shape index (κ2) is 5.75. The molecule has 2 aromatic rings. The van der Waals surface area contributed by atoms with Crippen molar-refractivity contribution in [3.8, 4) is 0 Å². The Bertz CT molecular complexity index is 611. The number of nitrogens with zero attached hydrogens (tertiary/aromatic N) is 2. The molecule has 0 unspecified atom stereocenters. The SMILES string of the molecule is O=C(c1cccnc1)N(Cc1ccccc1Br)C1CC1. The number of pyridine rings is 1. The number of carbonyl (C=O) groups is 1. The van der Waals surface area contributed by atoms with E-state index in [2.05, 4.69) is 27.0 Å². The van der Waals surface area contributed by atoms with Crippen molar-refractivity contribution >= 4 is 21.8 Å². The van der Waals surface area contributed by atoms with E-state index < -0.39 is 0 Å². The third kappa shape index (κ3) is 2.90. The Labute approximate surface area is 126 Å². The van der Waals surface area contributed by atoms with Crippen LogP contribution in [-0.4, -0.2) is 21.8 Å². The number of rotatable bonds is 4. The first kappa shape index (κ1) is 13.3. The van der Waals surface area contributed by atoms with Crippen molar-refractivity contribution in [2.75, 3.05) is 0 Å². The Morgan fingerprint density at radius 3 is 2.70 bits per heavy atom. The highest BCUT2D eigenvalue weighted by Gasteiger charge is 2.33. The minimum atomic E-state index is 0.0661. The molecule has 0 spiro atoms. The molecule has 0 aliphatic heterocycles. The van der Waals surface area contributed by atoms with E-state index in [0.29, 0.717) is 18.2 Å². The molecule has 3 nitrogen and oxygen atoms in total. The Hall–Kier alpha value is -1.68. The highest BCUT2D eigenvalue weighted by molar-refractivity contribution is 9.10. The van der Waals surface area contributed by atoms with Crippen molar-refractivity contribution < 1.29 is 4.79 Å². The van der Waals surface area contributed by atoms with Crippen LogP contribution in [0.4, 0.5) is 0 Å². The quantitative estimate of drug-likeness (QED) is 0.857. The maximum atomic E-state index is 12.6. The lowest BCUT2D eigenvalue weighted by molar-refractivity contribution is 0.0729. The molecule has 20 heavy (non-hydrogen) atoms. The van der Waals surface area contributed by atoms with E-state index in [1.807, 2.05) is 29.2 Å². The second-order valence-corrected chi connectivity index (χ2v) is 5.85. The number of carbonyl (C=O) groups excluding carboxylic acids is 1. The van der Waals surface area contributed by atoms with Crippen LogP contribution in [0.2, 0.25) is 0 Å². The van der Waals surface area contributed by atoms with Gasteiger partial charge in [0.15, 0.2) is 0 Å². The van der Waals surface area contributed by atoms with Gasteiger partial charge >= 0.3 is 0 Å². The molecule has 0 atom stereocenters. The fraction of sp³-hybridized carbons (Fsp3) is 0.250. The first-order chi connectivity index (χ1) is 9.75. The summed E-state index contributed by atoms with van der Waals surface area (Å²) in [5.41, 5.74) is 1.79. The number of halogens is 1. The Morgan fingerprint density at radius 2 is 2.05 bits per heavy atom. The molecule has 1 aromatic carbocycles. The van der Waals surface area contributed by atoms with Gasteiger partial charge in [0.25, 0.3) is 5.91 Å². The number of aromatic nitrogens is 1. The molecule has 1 fully saturated rings. The highest BCUT2D eigenvalue weighted by Crippen LogP contribution is 2.31. The van der Waals surface area contributed by atoms with Gasteiger partial charge in [0.05, 0.1) is 5.56 Å². The normalized spacial score (nSPS) is 14.1. The molecule has 4 heteroatoms. The molecule has 0 N–H and O–H groups in total. The van der Waals surface area contributed by atoms with Gasteiger partial charge in [-0.1, -0.05) is 34.1 Å². The van der Waals surface area contributed by atoms with Crippen molar-refractivity contribution in [1.82, 2.24) is 9.88 Å². The summed E-state index contributed by atoms with van der Waals surface area (Å²) in [6, 6.07) is 12.0. The number of benzene rings is 1. The monoisotopic (exact) mass is 330 g/mol. The molecule has 0 bridgehead atoms. The number of hydrogen-bond acceptors (Lipinski definition) is 2. The van der Waals surface area contributed by atoms with Gasteiger partial charge in [-0.2, -0.15) is 0 Å². The fourth-order valence-corrected chi connectivity index (χ4v) is 2.63. The number of hydrogen-bond donors (Lipinski definition) is 0. The maximum absolute atomic E-state index is 12.6. The molecule has 102 valence electrons. The summed E-state index contributed by atoms with van der Waals surface area (Å²) in [6.45, 7) is 0.639. The zero-order chi connectivity index (χ0) is 13.9. The standard InChI is InChI=1S/C16H15BrN2O/c17-15-6-2-1-4-13(15)11-19(14-7-8-14)16(20)12-5-3-9-18-10-12/h1-6,9-10,14H,7-8,11H2. The Balaban J connectivity index is 1.83. The fourth-order valence-electron chi connectivity index (χ4n) is 2.22. The summed E-state index contributed by atoms with van der Waals surface area (Å²) in [6.07, 6.45) is 5.51. The van der Waals surface area contributed by atoms with E-state index in [0.717, 1.165) is 22.9 Å². The van der Waals surface area contributed by atoms with Crippen molar-refractivity contribution in [1.29, 1.82) is 0 Å². The Morgan fingerprint density at radius 1 is 1.25 bits per heavy atom. The van der Waals surface area contributed by atoms with E-state index in [4.69, 9.17) is 0 Å². The van der Waals surface area contributed by atoms with Crippen LogP contribution in [0.3, 0.4) is 0 Å².